The van der Waals surface area contributed by atoms with Crippen LogP contribution in [0.5, 0.6) is 0 Å². The molecule has 1 heterocycles. The van der Waals surface area contributed by atoms with Gasteiger partial charge in [0.1, 0.15) is 5.82 Å². The van der Waals surface area contributed by atoms with Gasteiger partial charge in [0.2, 0.25) is 5.91 Å². The van der Waals surface area contributed by atoms with Crippen LogP contribution in [-0.4, -0.2) is 29.9 Å². The zero-order valence-corrected chi connectivity index (χ0v) is 11.7. The predicted molar refractivity (Wildman–Crippen MR) is 73.5 cm³/mol. The van der Waals surface area contributed by atoms with E-state index in [-0.39, 0.29) is 11.7 Å². The van der Waals surface area contributed by atoms with Gasteiger partial charge >= 0.3 is 0 Å². The summed E-state index contributed by atoms with van der Waals surface area (Å²) in [5.74, 6) is -0.177. The van der Waals surface area contributed by atoms with Crippen molar-refractivity contribution in [2.75, 3.05) is 13.1 Å². The van der Waals surface area contributed by atoms with E-state index in [0.717, 1.165) is 31.5 Å². The number of piperidine rings is 1. The third-order valence-corrected chi connectivity index (χ3v) is 3.89. The number of likely N-dealkylation sites (tertiary alicyclic amines) is 1. The first kappa shape index (κ1) is 14.3. The second-order valence-electron chi connectivity index (χ2n) is 4.90. The average molecular weight is 285 g/mol. The van der Waals surface area contributed by atoms with Gasteiger partial charge in [0.25, 0.3) is 0 Å². The van der Waals surface area contributed by atoms with Crippen molar-refractivity contribution in [3.8, 4) is 0 Å². The van der Waals surface area contributed by atoms with Crippen molar-refractivity contribution in [2.24, 2.45) is 0 Å². The molecule has 1 amide bonds. The first-order chi connectivity index (χ1) is 9.06. The quantitative estimate of drug-likeness (QED) is 0.925. The summed E-state index contributed by atoms with van der Waals surface area (Å²) in [6, 6.07) is 4.84. The van der Waals surface area contributed by atoms with Crippen LogP contribution in [0.15, 0.2) is 18.2 Å². The fourth-order valence-corrected chi connectivity index (χ4v) is 2.55. The molecule has 0 spiro atoms. The van der Waals surface area contributed by atoms with Gasteiger partial charge in [0, 0.05) is 37.6 Å². The van der Waals surface area contributed by atoms with E-state index in [1.54, 1.807) is 13.0 Å². The minimum Gasteiger partial charge on any atom is -0.343 e. The van der Waals surface area contributed by atoms with Gasteiger partial charge in [-0.1, -0.05) is 17.7 Å². The maximum Gasteiger partial charge on any atom is 0.219 e. The van der Waals surface area contributed by atoms with Crippen molar-refractivity contribution < 1.29 is 9.18 Å². The van der Waals surface area contributed by atoms with Crippen LogP contribution >= 0.6 is 11.6 Å². The maximum atomic E-state index is 12.9. The number of benzene rings is 1. The molecule has 0 aromatic heterocycles. The largest absolute Gasteiger partial charge is 0.343 e. The lowest BCUT2D eigenvalue weighted by molar-refractivity contribution is -0.129. The summed E-state index contributed by atoms with van der Waals surface area (Å²) in [6.45, 7) is 3.82. The van der Waals surface area contributed by atoms with E-state index in [4.69, 9.17) is 11.6 Å². The van der Waals surface area contributed by atoms with Crippen LogP contribution in [0.25, 0.3) is 0 Å². The zero-order valence-electron chi connectivity index (χ0n) is 11.0. The third-order valence-electron chi connectivity index (χ3n) is 3.54. The molecule has 1 aliphatic rings. The molecule has 0 radical (unpaired) electrons. The van der Waals surface area contributed by atoms with Crippen molar-refractivity contribution in [3.63, 3.8) is 0 Å². The number of carbonyl (C=O) groups excluding carboxylic acids is 1. The SMILES string of the molecule is CC(=O)N1CCC(NCc2ccc(F)cc2Cl)CC1. The highest BCUT2D eigenvalue weighted by molar-refractivity contribution is 6.31. The molecule has 104 valence electrons. The van der Waals surface area contributed by atoms with Crippen molar-refractivity contribution in [3.05, 3.63) is 34.6 Å². The Hall–Kier alpha value is -1.13. The lowest BCUT2D eigenvalue weighted by Gasteiger charge is -2.31. The molecule has 1 saturated heterocycles. The van der Waals surface area contributed by atoms with Gasteiger partial charge in [-0.25, -0.2) is 4.39 Å². The molecule has 0 saturated carbocycles. The molecule has 1 aromatic carbocycles. The molecule has 0 bridgehead atoms. The van der Waals surface area contributed by atoms with Crippen LogP contribution in [0.2, 0.25) is 5.02 Å². The number of amides is 1. The van der Waals surface area contributed by atoms with E-state index in [1.165, 1.54) is 12.1 Å². The Morgan fingerprint density at radius 1 is 1.47 bits per heavy atom. The minimum atomic E-state index is -0.316. The van der Waals surface area contributed by atoms with Gasteiger partial charge in [-0.05, 0) is 30.5 Å². The predicted octanol–water partition coefficient (Wildman–Crippen LogP) is 2.58. The van der Waals surface area contributed by atoms with Crippen molar-refractivity contribution in [1.29, 1.82) is 0 Å². The highest BCUT2D eigenvalue weighted by Crippen LogP contribution is 2.18. The van der Waals surface area contributed by atoms with E-state index in [2.05, 4.69) is 5.32 Å². The van der Waals surface area contributed by atoms with Crippen LogP contribution in [-0.2, 0) is 11.3 Å². The molecule has 1 aromatic rings. The smallest absolute Gasteiger partial charge is 0.219 e. The molecule has 5 heteroatoms. The van der Waals surface area contributed by atoms with Gasteiger partial charge in [-0.15, -0.1) is 0 Å². The third kappa shape index (κ3) is 3.91. The van der Waals surface area contributed by atoms with Gasteiger partial charge < -0.3 is 10.2 Å². The second kappa shape index (κ2) is 6.35. The van der Waals surface area contributed by atoms with Crippen molar-refractivity contribution in [1.82, 2.24) is 10.2 Å². The molecule has 19 heavy (non-hydrogen) atoms. The fraction of sp³-hybridized carbons (Fsp3) is 0.500. The molecule has 0 unspecified atom stereocenters. The number of nitrogens with zero attached hydrogens (tertiary/aromatic N) is 1. The Morgan fingerprint density at radius 3 is 2.74 bits per heavy atom. The molecular formula is C14H18ClFN2O. The van der Waals surface area contributed by atoms with E-state index in [1.807, 2.05) is 4.90 Å². The monoisotopic (exact) mass is 284 g/mol. The summed E-state index contributed by atoms with van der Waals surface area (Å²) in [6.07, 6.45) is 1.89. The summed E-state index contributed by atoms with van der Waals surface area (Å²) < 4.78 is 12.9. The van der Waals surface area contributed by atoms with Crippen LogP contribution in [0.3, 0.4) is 0 Å². The molecular weight excluding hydrogens is 267 g/mol. The number of hydrogen-bond acceptors (Lipinski definition) is 2. The lowest BCUT2D eigenvalue weighted by Crippen LogP contribution is -2.43. The fourth-order valence-electron chi connectivity index (χ4n) is 2.32. The zero-order chi connectivity index (χ0) is 13.8. The maximum absolute atomic E-state index is 12.9. The summed E-state index contributed by atoms with van der Waals surface area (Å²) >= 11 is 5.98. The van der Waals surface area contributed by atoms with Gasteiger partial charge in [-0.3, -0.25) is 4.79 Å². The Kier molecular flexibility index (Phi) is 4.77. The van der Waals surface area contributed by atoms with Gasteiger partial charge in [0.05, 0.1) is 0 Å². The number of halogens is 2. The first-order valence-corrected chi connectivity index (χ1v) is 6.87. The normalized spacial score (nSPS) is 16.7. The number of rotatable bonds is 3. The Morgan fingerprint density at radius 2 is 2.16 bits per heavy atom. The summed E-state index contributed by atoms with van der Waals surface area (Å²) in [4.78, 5) is 13.1. The molecule has 3 nitrogen and oxygen atoms in total. The number of hydrogen-bond donors (Lipinski definition) is 1. The summed E-state index contributed by atoms with van der Waals surface area (Å²) in [5, 5.41) is 3.87. The molecule has 0 aliphatic carbocycles. The van der Waals surface area contributed by atoms with Gasteiger partial charge in [0.15, 0.2) is 0 Å². The molecule has 1 N–H and O–H groups in total. The molecule has 0 atom stereocenters. The topological polar surface area (TPSA) is 32.3 Å². The second-order valence-corrected chi connectivity index (χ2v) is 5.30. The molecule has 1 aliphatic heterocycles. The Labute approximate surface area is 117 Å². The highest BCUT2D eigenvalue weighted by Gasteiger charge is 2.20. The van der Waals surface area contributed by atoms with E-state index in [0.29, 0.717) is 17.6 Å². The van der Waals surface area contributed by atoms with Crippen molar-refractivity contribution >= 4 is 17.5 Å². The lowest BCUT2D eigenvalue weighted by atomic mass is 10.0. The average Bonchev–Trinajstić information content (AvgIpc) is 2.38. The molecule has 2 rings (SSSR count). The summed E-state index contributed by atoms with van der Waals surface area (Å²) in [7, 11) is 0. The molecule has 1 fully saturated rings. The van der Waals surface area contributed by atoms with E-state index in [9.17, 15) is 9.18 Å². The van der Waals surface area contributed by atoms with Crippen molar-refractivity contribution in [2.45, 2.75) is 32.4 Å². The Balaban J connectivity index is 1.82. The highest BCUT2D eigenvalue weighted by atomic mass is 35.5. The number of carbonyl (C=O) groups is 1. The van der Waals surface area contributed by atoms with E-state index < -0.39 is 0 Å². The summed E-state index contributed by atoms with van der Waals surface area (Å²) in [5.41, 5.74) is 0.900. The number of nitrogens with one attached hydrogen (secondary N) is 1. The van der Waals surface area contributed by atoms with Crippen LogP contribution < -0.4 is 5.32 Å². The van der Waals surface area contributed by atoms with Gasteiger partial charge in [-0.2, -0.15) is 0 Å². The Bertz CT molecular complexity index is 459. The first-order valence-electron chi connectivity index (χ1n) is 6.49. The van der Waals surface area contributed by atoms with Crippen LogP contribution in [0.4, 0.5) is 4.39 Å². The van der Waals surface area contributed by atoms with Crippen LogP contribution in [0.1, 0.15) is 25.3 Å². The minimum absolute atomic E-state index is 0.139. The van der Waals surface area contributed by atoms with E-state index >= 15 is 0 Å². The van der Waals surface area contributed by atoms with Crippen LogP contribution in [0, 0.1) is 5.82 Å². The standard InChI is InChI=1S/C14H18ClFN2O/c1-10(19)18-6-4-13(5-7-18)17-9-11-2-3-12(16)8-14(11)15/h2-3,8,13,17H,4-7,9H2,1H3.